The second-order valence-corrected chi connectivity index (χ2v) is 7.28. The first-order valence-electron chi connectivity index (χ1n) is 7.66. The molecule has 2 heterocycles. The fourth-order valence-electron chi connectivity index (χ4n) is 2.75. The number of aromatic nitrogens is 2. The fourth-order valence-corrected chi connectivity index (χ4v) is 3.81. The van der Waals surface area contributed by atoms with E-state index in [0.29, 0.717) is 10.4 Å². The molecule has 0 saturated carbocycles. The van der Waals surface area contributed by atoms with E-state index in [-0.39, 0.29) is 18.0 Å². The molecule has 0 atom stereocenters. The van der Waals surface area contributed by atoms with Gasteiger partial charge in [-0.15, -0.1) is 17.8 Å². The molecule has 3 nitrogen and oxygen atoms in total. The fraction of sp³-hybridized carbons (Fsp3) is 0.263. The van der Waals surface area contributed by atoms with Crippen LogP contribution >= 0.6 is 22.9 Å². The average molecular weight is 357 g/mol. The number of aryl methyl sites for hydroxylation is 1. The van der Waals surface area contributed by atoms with Gasteiger partial charge in [0.05, 0.1) is 11.9 Å². The minimum atomic E-state index is -0.0782. The van der Waals surface area contributed by atoms with Crippen molar-refractivity contribution in [3.8, 4) is 23.5 Å². The van der Waals surface area contributed by atoms with E-state index in [1.165, 1.54) is 11.3 Å². The van der Waals surface area contributed by atoms with E-state index in [9.17, 15) is 4.79 Å². The smallest absolute Gasteiger partial charge is 0.263 e. The van der Waals surface area contributed by atoms with Crippen molar-refractivity contribution in [3.05, 3.63) is 50.3 Å². The highest BCUT2D eigenvalue weighted by Gasteiger charge is 2.18. The van der Waals surface area contributed by atoms with Crippen LogP contribution in [0.1, 0.15) is 31.2 Å². The number of hydrogen-bond acceptors (Lipinski definition) is 3. The molecule has 0 aliphatic rings. The van der Waals surface area contributed by atoms with E-state index in [0.717, 1.165) is 27.3 Å². The number of hydrogen-bond donors (Lipinski definition) is 0. The molecule has 122 valence electrons. The monoisotopic (exact) mass is 356 g/mol. The molecule has 2 aromatic heterocycles. The van der Waals surface area contributed by atoms with Gasteiger partial charge < -0.3 is 0 Å². The maximum absolute atomic E-state index is 13.1. The topological polar surface area (TPSA) is 34.9 Å². The molecule has 0 aliphatic carbocycles. The summed E-state index contributed by atoms with van der Waals surface area (Å²) in [6.45, 7) is 6.20. The lowest BCUT2D eigenvalue weighted by molar-refractivity contribution is 0.651. The molecule has 3 rings (SSSR count). The standard InChI is InChI=1S/C19H17ClN2OS/c1-5-8-22-17(11(2)3)21-18-16(19(22)23)14(10-24-18)13-6-7-15(20)12(4)9-13/h1,6-7,9-11H,8H2,2-4H3. The van der Waals surface area contributed by atoms with E-state index >= 15 is 0 Å². The van der Waals surface area contributed by atoms with Gasteiger partial charge in [0, 0.05) is 21.9 Å². The molecule has 0 radical (unpaired) electrons. The van der Waals surface area contributed by atoms with Crippen LogP contribution in [-0.2, 0) is 6.54 Å². The third-order valence-electron chi connectivity index (χ3n) is 3.96. The minimum Gasteiger partial charge on any atom is -0.284 e. The van der Waals surface area contributed by atoms with Gasteiger partial charge in [-0.2, -0.15) is 0 Å². The number of nitrogens with zero attached hydrogens (tertiary/aromatic N) is 2. The van der Waals surface area contributed by atoms with Gasteiger partial charge in [-0.1, -0.05) is 37.4 Å². The number of benzene rings is 1. The van der Waals surface area contributed by atoms with Crippen molar-refractivity contribution in [1.82, 2.24) is 9.55 Å². The Hall–Kier alpha value is -2.09. The molecule has 0 unspecified atom stereocenters. The van der Waals surface area contributed by atoms with E-state index in [1.807, 2.05) is 44.4 Å². The summed E-state index contributed by atoms with van der Waals surface area (Å²) in [5.41, 5.74) is 2.75. The summed E-state index contributed by atoms with van der Waals surface area (Å²) in [5.74, 6) is 3.41. The molecule has 5 heteroatoms. The van der Waals surface area contributed by atoms with Gasteiger partial charge in [0.2, 0.25) is 0 Å². The Morgan fingerprint density at radius 1 is 1.42 bits per heavy atom. The molecular formula is C19H17ClN2OS. The third-order valence-corrected chi connectivity index (χ3v) is 5.25. The normalized spacial score (nSPS) is 11.2. The lowest BCUT2D eigenvalue weighted by atomic mass is 10.0. The molecular weight excluding hydrogens is 340 g/mol. The molecule has 0 bridgehead atoms. The predicted octanol–water partition coefficient (Wildman–Crippen LogP) is 4.84. The Labute approximate surface area is 149 Å². The van der Waals surface area contributed by atoms with Gasteiger partial charge in [-0.3, -0.25) is 9.36 Å². The van der Waals surface area contributed by atoms with E-state index in [1.54, 1.807) is 4.57 Å². The molecule has 0 fully saturated rings. The number of fused-ring (bicyclic) bond motifs is 1. The largest absolute Gasteiger partial charge is 0.284 e. The van der Waals surface area contributed by atoms with Crippen LogP contribution in [-0.4, -0.2) is 9.55 Å². The Kier molecular flexibility index (Phi) is 4.49. The highest BCUT2D eigenvalue weighted by molar-refractivity contribution is 7.17. The van der Waals surface area contributed by atoms with Crippen molar-refractivity contribution in [3.63, 3.8) is 0 Å². The number of terminal acetylenes is 1. The molecule has 0 amide bonds. The van der Waals surface area contributed by atoms with Gasteiger partial charge in [0.25, 0.3) is 5.56 Å². The van der Waals surface area contributed by atoms with Crippen LogP contribution in [0.3, 0.4) is 0 Å². The second-order valence-electron chi connectivity index (χ2n) is 6.01. The lowest BCUT2D eigenvalue weighted by Gasteiger charge is -2.13. The highest BCUT2D eigenvalue weighted by atomic mass is 35.5. The second kappa shape index (κ2) is 6.43. The van der Waals surface area contributed by atoms with Crippen LogP contribution in [0.15, 0.2) is 28.4 Å². The van der Waals surface area contributed by atoms with Gasteiger partial charge in [-0.05, 0) is 30.2 Å². The van der Waals surface area contributed by atoms with Crippen molar-refractivity contribution in [2.24, 2.45) is 0 Å². The number of thiophene rings is 1. The lowest BCUT2D eigenvalue weighted by Crippen LogP contribution is -2.25. The molecule has 1 aromatic carbocycles. The maximum Gasteiger partial charge on any atom is 0.263 e. The minimum absolute atomic E-state index is 0.0782. The van der Waals surface area contributed by atoms with Crippen molar-refractivity contribution < 1.29 is 0 Å². The van der Waals surface area contributed by atoms with E-state index < -0.39 is 0 Å². The summed E-state index contributed by atoms with van der Waals surface area (Å²) in [6.07, 6.45) is 5.45. The van der Waals surface area contributed by atoms with Crippen LogP contribution in [0.2, 0.25) is 5.02 Å². The summed E-state index contributed by atoms with van der Waals surface area (Å²) in [5, 5.41) is 3.32. The summed E-state index contributed by atoms with van der Waals surface area (Å²) < 4.78 is 1.60. The van der Waals surface area contributed by atoms with Crippen LogP contribution in [0.5, 0.6) is 0 Å². The van der Waals surface area contributed by atoms with Crippen molar-refractivity contribution in [1.29, 1.82) is 0 Å². The summed E-state index contributed by atoms with van der Waals surface area (Å²) in [6, 6.07) is 5.77. The van der Waals surface area contributed by atoms with Crippen LogP contribution in [0, 0.1) is 19.3 Å². The first kappa shape index (κ1) is 16.8. The quantitative estimate of drug-likeness (QED) is 0.629. The molecule has 0 aliphatic heterocycles. The van der Waals surface area contributed by atoms with Gasteiger partial charge in [0.15, 0.2) is 0 Å². The maximum atomic E-state index is 13.1. The van der Waals surface area contributed by atoms with Crippen LogP contribution in [0.4, 0.5) is 0 Å². The molecule has 24 heavy (non-hydrogen) atoms. The zero-order valence-electron chi connectivity index (χ0n) is 13.8. The molecule has 0 spiro atoms. The molecule has 3 aromatic rings. The number of rotatable bonds is 3. The predicted molar refractivity (Wildman–Crippen MR) is 102 cm³/mol. The SMILES string of the molecule is C#CCn1c(C(C)C)nc2scc(-c3ccc(Cl)c(C)c3)c2c1=O. The summed E-state index contributed by atoms with van der Waals surface area (Å²) in [7, 11) is 0. The van der Waals surface area contributed by atoms with Crippen molar-refractivity contribution in [2.75, 3.05) is 0 Å². The summed E-state index contributed by atoms with van der Waals surface area (Å²) in [4.78, 5) is 18.5. The van der Waals surface area contributed by atoms with Gasteiger partial charge in [0.1, 0.15) is 10.7 Å². The average Bonchev–Trinajstić information content (AvgIpc) is 2.96. The third kappa shape index (κ3) is 2.75. The van der Waals surface area contributed by atoms with Crippen molar-refractivity contribution in [2.45, 2.75) is 33.2 Å². The Morgan fingerprint density at radius 3 is 2.79 bits per heavy atom. The van der Waals surface area contributed by atoms with Gasteiger partial charge >= 0.3 is 0 Å². The molecule has 0 saturated heterocycles. The van der Waals surface area contributed by atoms with Crippen LogP contribution < -0.4 is 5.56 Å². The highest BCUT2D eigenvalue weighted by Crippen LogP contribution is 2.33. The van der Waals surface area contributed by atoms with Crippen LogP contribution in [0.25, 0.3) is 21.3 Å². The van der Waals surface area contributed by atoms with Crippen molar-refractivity contribution >= 4 is 33.2 Å². The Balaban J connectivity index is 2.33. The van der Waals surface area contributed by atoms with Gasteiger partial charge in [-0.25, -0.2) is 4.98 Å². The van der Waals surface area contributed by atoms with E-state index in [2.05, 4.69) is 5.92 Å². The Bertz CT molecular complexity index is 1020. The zero-order chi connectivity index (χ0) is 17.4. The zero-order valence-corrected chi connectivity index (χ0v) is 15.3. The first-order chi connectivity index (χ1) is 11.4. The summed E-state index contributed by atoms with van der Waals surface area (Å²) >= 11 is 7.60. The Morgan fingerprint density at radius 2 is 2.17 bits per heavy atom. The van der Waals surface area contributed by atoms with E-state index in [4.69, 9.17) is 23.0 Å². The first-order valence-corrected chi connectivity index (χ1v) is 8.91. The number of halogens is 1. The molecule has 0 N–H and O–H groups in total.